The van der Waals surface area contributed by atoms with E-state index >= 15 is 0 Å². The number of rotatable bonds is 4. The molecule has 2 aromatic carbocycles. The molecule has 33 heavy (non-hydrogen) atoms. The number of anilines is 1. The molecular formula is C24H24F3N5O. The Hall–Kier alpha value is -3.20. The molecule has 2 N–H and O–H groups in total. The number of nitrogens with two attached hydrogens (primary N) is 1. The first-order chi connectivity index (χ1) is 15.6. The third-order valence-corrected chi connectivity index (χ3v) is 6.89. The fourth-order valence-electron chi connectivity index (χ4n) is 5.41. The van der Waals surface area contributed by atoms with Crippen molar-refractivity contribution in [3.63, 3.8) is 0 Å². The minimum atomic E-state index is -4.56. The van der Waals surface area contributed by atoms with Gasteiger partial charge in [-0.2, -0.15) is 13.2 Å². The lowest BCUT2D eigenvalue weighted by molar-refractivity contribution is -0.138. The number of hydrogen-bond donors (Lipinski definition) is 1. The summed E-state index contributed by atoms with van der Waals surface area (Å²) in [5.74, 6) is 0.908. The van der Waals surface area contributed by atoms with E-state index in [-0.39, 0.29) is 35.2 Å². The van der Waals surface area contributed by atoms with Gasteiger partial charge in [0.1, 0.15) is 12.2 Å². The van der Waals surface area contributed by atoms with E-state index in [0.717, 1.165) is 30.3 Å². The lowest BCUT2D eigenvalue weighted by Gasteiger charge is -2.46. The summed E-state index contributed by atoms with van der Waals surface area (Å²) in [4.78, 5) is 14.6. The highest BCUT2D eigenvalue weighted by atomic mass is 19.4. The van der Waals surface area contributed by atoms with Crippen LogP contribution in [0.5, 0.6) is 0 Å². The van der Waals surface area contributed by atoms with Crippen LogP contribution in [0.4, 0.5) is 18.9 Å². The van der Waals surface area contributed by atoms with Crippen LogP contribution in [-0.2, 0) is 31.7 Å². The summed E-state index contributed by atoms with van der Waals surface area (Å²) in [6, 6.07) is 10.0. The average Bonchev–Trinajstić information content (AvgIpc) is 3.33. The summed E-state index contributed by atoms with van der Waals surface area (Å²) in [6.45, 7) is 1.97. The van der Waals surface area contributed by atoms with Crippen LogP contribution in [0.1, 0.15) is 58.2 Å². The van der Waals surface area contributed by atoms with Gasteiger partial charge in [0.25, 0.3) is 5.91 Å². The number of carbonyl (C=O) groups is 1. The minimum absolute atomic E-state index is 0.00427. The van der Waals surface area contributed by atoms with Gasteiger partial charge in [0, 0.05) is 24.8 Å². The Bertz CT molecular complexity index is 1240. The number of aromatic nitrogens is 3. The third kappa shape index (κ3) is 3.33. The van der Waals surface area contributed by atoms with E-state index in [1.165, 1.54) is 11.0 Å². The zero-order valence-electron chi connectivity index (χ0n) is 18.4. The summed E-state index contributed by atoms with van der Waals surface area (Å²) in [5, 5.41) is 8.39. The molecule has 6 nitrogen and oxygen atoms in total. The molecule has 1 aliphatic heterocycles. The molecular weight excluding hydrogens is 431 g/mol. The summed E-state index contributed by atoms with van der Waals surface area (Å²) in [7, 11) is 1.90. The number of halogens is 3. The average molecular weight is 455 g/mol. The molecule has 172 valence electrons. The van der Waals surface area contributed by atoms with Gasteiger partial charge in [-0.25, -0.2) is 0 Å². The van der Waals surface area contributed by atoms with Crippen LogP contribution in [0.15, 0.2) is 42.7 Å². The van der Waals surface area contributed by atoms with E-state index in [2.05, 4.69) is 17.1 Å². The molecule has 0 saturated heterocycles. The zero-order valence-corrected chi connectivity index (χ0v) is 18.4. The maximum absolute atomic E-state index is 13.7. The number of nitrogens with zero attached hydrogens (tertiary/aromatic N) is 4. The van der Waals surface area contributed by atoms with Gasteiger partial charge in [0.05, 0.1) is 17.5 Å². The maximum atomic E-state index is 13.7. The first kappa shape index (κ1) is 21.6. The summed E-state index contributed by atoms with van der Waals surface area (Å²) in [5.41, 5.74) is 6.37. The van der Waals surface area contributed by atoms with Gasteiger partial charge >= 0.3 is 6.18 Å². The standard InChI is InChI=1S/C24H24F3N5O/c1-14-9-23(10-14,22-30-29-13-31(22)2)16-4-3-5-17(8-16)32-12-19-18(21(32)33)6-15(11-28)7-20(19)24(25,26)27/h3-8,13-14H,9-12,28H2,1-2H3. The third-order valence-electron chi connectivity index (χ3n) is 6.89. The first-order valence-corrected chi connectivity index (χ1v) is 10.8. The number of carbonyl (C=O) groups excluding carboxylic acids is 1. The lowest BCUT2D eigenvalue weighted by Crippen LogP contribution is -2.43. The van der Waals surface area contributed by atoms with E-state index in [0.29, 0.717) is 11.6 Å². The van der Waals surface area contributed by atoms with Gasteiger partial charge < -0.3 is 15.2 Å². The van der Waals surface area contributed by atoms with E-state index in [9.17, 15) is 18.0 Å². The molecule has 0 atom stereocenters. The van der Waals surface area contributed by atoms with Gasteiger partial charge in [-0.1, -0.05) is 19.1 Å². The SMILES string of the molecule is CC1CC(c2cccc(N3Cc4c(cc(CN)cc4C(F)(F)F)C3=O)c2)(c2nncn2C)C1. The van der Waals surface area contributed by atoms with Gasteiger partial charge in [-0.3, -0.25) is 4.79 Å². The second kappa shape index (κ2) is 7.41. The molecule has 0 radical (unpaired) electrons. The molecule has 0 bridgehead atoms. The first-order valence-electron chi connectivity index (χ1n) is 10.8. The molecule has 1 aliphatic carbocycles. The van der Waals surface area contributed by atoms with Crippen LogP contribution in [0.2, 0.25) is 0 Å². The molecule has 1 amide bonds. The van der Waals surface area contributed by atoms with Gasteiger partial charge in [-0.05, 0) is 59.7 Å². The molecule has 9 heteroatoms. The van der Waals surface area contributed by atoms with Crippen molar-refractivity contribution in [1.82, 2.24) is 14.8 Å². The second-order valence-electron chi connectivity index (χ2n) is 9.17. The second-order valence-corrected chi connectivity index (χ2v) is 9.17. The predicted octanol–water partition coefficient (Wildman–Crippen LogP) is 4.17. The monoisotopic (exact) mass is 455 g/mol. The molecule has 1 aromatic heterocycles. The highest BCUT2D eigenvalue weighted by molar-refractivity contribution is 6.10. The van der Waals surface area contributed by atoms with Crippen LogP contribution in [0, 0.1) is 5.92 Å². The summed E-state index contributed by atoms with van der Waals surface area (Å²) in [6.07, 6.45) is -1.13. The molecule has 0 unspecified atom stereocenters. The Morgan fingerprint density at radius 1 is 1.21 bits per heavy atom. The van der Waals surface area contributed by atoms with E-state index in [1.54, 1.807) is 12.4 Å². The molecule has 1 fully saturated rings. The summed E-state index contributed by atoms with van der Waals surface area (Å²) < 4.78 is 43.1. The van der Waals surface area contributed by atoms with E-state index in [4.69, 9.17) is 5.73 Å². The van der Waals surface area contributed by atoms with Crippen molar-refractivity contribution in [3.05, 3.63) is 76.4 Å². The zero-order chi connectivity index (χ0) is 23.5. The highest BCUT2D eigenvalue weighted by Crippen LogP contribution is 2.52. The number of fused-ring (bicyclic) bond motifs is 1. The normalized spacial score (nSPS) is 22.4. The Morgan fingerprint density at radius 2 is 1.97 bits per heavy atom. The Balaban J connectivity index is 1.56. The van der Waals surface area contributed by atoms with E-state index in [1.807, 2.05) is 29.8 Å². The van der Waals surface area contributed by atoms with Crippen LogP contribution < -0.4 is 10.6 Å². The predicted molar refractivity (Wildman–Crippen MR) is 116 cm³/mol. The van der Waals surface area contributed by atoms with Crippen molar-refractivity contribution in [2.75, 3.05) is 4.90 Å². The lowest BCUT2D eigenvalue weighted by atomic mass is 9.58. The molecule has 2 heterocycles. The quantitative estimate of drug-likeness (QED) is 0.641. The fraction of sp³-hybridized carbons (Fsp3) is 0.375. The van der Waals surface area contributed by atoms with Crippen LogP contribution >= 0.6 is 0 Å². The number of benzene rings is 2. The van der Waals surface area contributed by atoms with Crippen molar-refractivity contribution >= 4 is 11.6 Å². The molecule has 2 aliphatic rings. The van der Waals surface area contributed by atoms with Crippen molar-refractivity contribution < 1.29 is 18.0 Å². The Morgan fingerprint density at radius 3 is 2.58 bits per heavy atom. The minimum Gasteiger partial charge on any atom is -0.326 e. The molecule has 5 rings (SSSR count). The maximum Gasteiger partial charge on any atom is 0.416 e. The molecule has 3 aromatic rings. The van der Waals surface area contributed by atoms with Crippen molar-refractivity contribution in [3.8, 4) is 0 Å². The highest BCUT2D eigenvalue weighted by Gasteiger charge is 2.48. The number of aryl methyl sites for hydroxylation is 1. The van der Waals surface area contributed by atoms with E-state index < -0.39 is 17.6 Å². The Labute approximate surface area is 189 Å². The van der Waals surface area contributed by atoms with Crippen molar-refractivity contribution in [2.24, 2.45) is 18.7 Å². The van der Waals surface area contributed by atoms with Crippen LogP contribution in [0.3, 0.4) is 0 Å². The van der Waals surface area contributed by atoms with Crippen LogP contribution in [-0.4, -0.2) is 20.7 Å². The number of amides is 1. The smallest absolute Gasteiger partial charge is 0.326 e. The van der Waals surface area contributed by atoms with Crippen LogP contribution in [0.25, 0.3) is 0 Å². The van der Waals surface area contributed by atoms with Gasteiger partial charge in [0.2, 0.25) is 0 Å². The number of alkyl halides is 3. The fourth-order valence-corrected chi connectivity index (χ4v) is 5.41. The van der Waals surface area contributed by atoms with Gasteiger partial charge in [-0.15, -0.1) is 10.2 Å². The van der Waals surface area contributed by atoms with Crippen molar-refractivity contribution in [2.45, 2.75) is 44.4 Å². The van der Waals surface area contributed by atoms with Gasteiger partial charge in [0.15, 0.2) is 0 Å². The largest absolute Gasteiger partial charge is 0.416 e. The number of hydrogen-bond acceptors (Lipinski definition) is 4. The van der Waals surface area contributed by atoms with Crippen molar-refractivity contribution in [1.29, 1.82) is 0 Å². The Kier molecular flexibility index (Phi) is 4.86. The molecule has 0 spiro atoms. The topological polar surface area (TPSA) is 77.0 Å². The summed E-state index contributed by atoms with van der Waals surface area (Å²) >= 11 is 0. The molecule has 1 saturated carbocycles.